The molecule has 110 valence electrons. The first-order chi connectivity index (χ1) is 9.97. The maximum atomic E-state index is 12.4. The number of hydrogen-bond donors (Lipinski definition) is 2. The monoisotopic (exact) mass is 347 g/mol. The summed E-state index contributed by atoms with van der Waals surface area (Å²) in [5.74, 6) is -0.133. The van der Waals surface area contributed by atoms with Crippen molar-refractivity contribution in [3.63, 3.8) is 0 Å². The van der Waals surface area contributed by atoms with Gasteiger partial charge in [0.1, 0.15) is 0 Å². The number of benzene rings is 2. The van der Waals surface area contributed by atoms with E-state index in [1.807, 2.05) is 49.3 Å². The molecule has 1 amide bonds. The van der Waals surface area contributed by atoms with Crippen molar-refractivity contribution in [2.24, 2.45) is 0 Å². The number of nitrogens with two attached hydrogens (primary N) is 1. The molecule has 4 nitrogen and oxygen atoms in total. The van der Waals surface area contributed by atoms with Crippen LogP contribution in [0.5, 0.6) is 0 Å². The lowest BCUT2D eigenvalue weighted by Crippen LogP contribution is -2.25. The minimum absolute atomic E-state index is 0.133. The number of nitrogens with one attached hydrogen (secondary N) is 1. The van der Waals surface area contributed by atoms with Crippen LogP contribution < -0.4 is 16.0 Å². The topological polar surface area (TPSA) is 58.4 Å². The Morgan fingerprint density at radius 1 is 1.24 bits per heavy atom. The van der Waals surface area contributed by atoms with E-state index < -0.39 is 0 Å². The molecule has 0 saturated heterocycles. The van der Waals surface area contributed by atoms with Crippen LogP contribution in [0.2, 0.25) is 0 Å². The molecule has 0 fully saturated rings. The second-order valence-electron chi connectivity index (χ2n) is 4.98. The van der Waals surface area contributed by atoms with E-state index >= 15 is 0 Å². The normalized spacial score (nSPS) is 10.2. The SMILES string of the molecule is CN(C)c1ccc(N)cc1C(=O)NCc1cccc(Br)c1. The zero-order chi connectivity index (χ0) is 15.4. The van der Waals surface area contributed by atoms with Crippen LogP contribution in [0.25, 0.3) is 0 Å². The number of anilines is 2. The maximum absolute atomic E-state index is 12.4. The van der Waals surface area contributed by atoms with Gasteiger partial charge in [0.05, 0.1) is 5.56 Å². The fraction of sp³-hybridized carbons (Fsp3) is 0.188. The molecule has 0 aliphatic carbocycles. The molecule has 0 heterocycles. The third kappa shape index (κ3) is 3.98. The van der Waals surface area contributed by atoms with Gasteiger partial charge < -0.3 is 16.0 Å². The predicted octanol–water partition coefficient (Wildman–Crippen LogP) is 3.03. The Hall–Kier alpha value is -2.01. The quantitative estimate of drug-likeness (QED) is 0.835. The highest BCUT2D eigenvalue weighted by molar-refractivity contribution is 9.10. The second kappa shape index (κ2) is 6.63. The van der Waals surface area contributed by atoms with Crippen molar-refractivity contribution in [3.05, 3.63) is 58.1 Å². The highest BCUT2D eigenvalue weighted by Crippen LogP contribution is 2.21. The van der Waals surface area contributed by atoms with Gasteiger partial charge in [-0.3, -0.25) is 4.79 Å². The molecule has 3 N–H and O–H groups in total. The van der Waals surface area contributed by atoms with E-state index in [4.69, 9.17) is 5.73 Å². The summed E-state index contributed by atoms with van der Waals surface area (Å²) in [4.78, 5) is 14.3. The maximum Gasteiger partial charge on any atom is 0.253 e. The third-order valence-electron chi connectivity index (χ3n) is 3.09. The predicted molar refractivity (Wildman–Crippen MR) is 90.5 cm³/mol. The average molecular weight is 348 g/mol. The van der Waals surface area contributed by atoms with Gasteiger partial charge in [0.2, 0.25) is 0 Å². The first-order valence-electron chi connectivity index (χ1n) is 6.57. The molecule has 21 heavy (non-hydrogen) atoms. The van der Waals surface area contributed by atoms with Gasteiger partial charge in [-0.25, -0.2) is 0 Å². The summed E-state index contributed by atoms with van der Waals surface area (Å²) >= 11 is 3.42. The highest BCUT2D eigenvalue weighted by Gasteiger charge is 2.13. The lowest BCUT2D eigenvalue weighted by Gasteiger charge is -2.17. The molecule has 0 radical (unpaired) electrons. The van der Waals surface area contributed by atoms with Crippen molar-refractivity contribution in [1.29, 1.82) is 0 Å². The molecule has 0 aromatic heterocycles. The number of amides is 1. The Labute approximate surface area is 133 Å². The van der Waals surface area contributed by atoms with E-state index in [9.17, 15) is 4.79 Å². The smallest absolute Gasteiger partial charge is 0.253 e. The average Bonchev–Trinajstić information content (AvgIpc) is 2.44. The Morgan fingerprint density at radius 3 is 2.67 bits per heavy atom. The summed E-state index contributed by atoms with van der Waals surface area (Å²) in [7, 11) is 3.80. The van der Waals surface area contributed by atoms with E-state index in [2.05, 4.69) is 21.2 Å². The molecule has 0 aliphatic rings. The first-order valence-corrected chi connectivity index (χ1v) is 7.36. The summed E-state index contributed by atoms with van der Waals surface area (Å²) in [6.45, 7) is 0.472. The number of carbonyl (C=O) groups is 1. The van der Waals surface area contributed by atoms with Crippen LogP contribution >= 0.6 is 15.9 Å². The number of halogens is 1. The number of rotatable bonds is 4. The molecular formula is C16H18BrN3O. The number of nitrogens with zero attached hydrogens (tertiary/aromatic N) is 1. The molecule has 2 aromatic carbocycles. The Kier molecular flexibility index (Phi) is 4.85. The zero-order valence-electron chi connectivity index (χ0n) is 12.1. The van der Waals surface area contributed by atoms with Crippen molar-refractivity contribution in [2.75, 3.05) is 24.7 Å². The molecule has 0 spiro atoms. The number of carbonyl (C=O) groups excluding carboxylic acids is 1. The van der Waals surface area contributed by atoms with Crippen LogP contribution in [0.3, 0.4) is 0 Å². The second-order valence-corrected chi connectivity index (χ2v) is 5.90. The Bertz CT molecular complexity index is 656. The van der Waals surface area contributed by atoms with Gasteiger partial charge >= 0.3 is 0 Å². The van der Waals surface area contributed by atoms with Crippen LogP contribution in [-0.2, 0) is 6.54 Å². The molecule has 0 aliphatic heterocycles. The lowest BCUT2D eigenvalue weighted by molar-refractivity contribution is 0.0951. The summed E-state index contributed by atoms with van der Waals surface area (Å²) in [6, 6.07) is 13.2. The molecule has 2 aromatic rings. The van der Waals surface area contributed by atoms with Crippen molar-refractivity contribution in [1.82, 2.24) is 5.32 Å². The van der Waals surface area contributed by atoms with Crippen molar-refractivity contribution >= 4 is 33.2 Å². The van der Waals surface area contributed by atoms with E-state index in [0.717, 1.165) is 15.7 Å². The summed E-state index contributed by atoms with van der Waals surface area (Å²) in [5.41, 5.74) is 8.82. The van der Waals surface area contributed by atoms with E-state index in [1.54, 1.807) is 12.1 Å². The van der Waals surface area contributed by atoms with Gasteiger partial charge in [0.15, 0.2) is 0 Å². The van der Waals surface area contributed by atoms with Gasteiger partial charge in [-0.15, -0.1) is 0 Å². The van der Waals surface area contributed by atoms with E-state index in [1.165, 1.54) is 0 Å². The van der Waals surface area contributed by atoms with Crippen LogP contribution in [0.15, 0.2) is 46.9 Å². The fourth-order valence-corrected chi connectivity index (χ4v) is 2.50. The molecule has 2 rings (SSSR count). The van der Waals surface area contributed by atoms with Gasteiger partial charge in [0.25, 0.3) is 5.91 Å². The van der Waals surface area contributed by atoms with Crippen molar-refractivity contribution in [2.45, 2.75) is 6.54 Å². The minimum Gasteiger partial charge on any atom is -0.399 e. The molecule has 0 atom stereocenters. The molecule has 0 bridgehead atoms. The standard InChI is InChI=1S/C16H18BrN3O/c1-20(2)15-7-6-13(18)9-14(15)16(21)19-10-11-4-3-5-12(17)8-11/h3-9H,10,18H2,1-2H3,(H,19,21). The van der Waals surface area contributed by atoms with E-state index in [0.29, 0.717) is 17.8 Å². The molecule has 0 unspecified atom stereocenters. The van der Waals surface area contributed by atoms with Gasteiger partial charge in [-0.05, 0) is 35.9 Å². The van der Waals surface area contributed by atoms with Crippen LogP contribution in [0, 0.1) is 0 Å². The number of nitrogen functional groups attached to an aromatic ring is 1. The fourth-order valence-electron chi connectivity index (χ4n) is 2.05. The largest absolute Gasteiger partial charge is 0.399 e. The van der Waals surface area contributed by atoms with E-state index in [-0.39, 0.29) is 5.91 Å². The highest BCUT2D eigenvalue weighted by atomic mass is 79.9. The van der Waals surface area contributed by atoms with Crippen LogP contribution in [-0.4, -0.2) is 20.0 Å². The summed E-state index contributed by atoms with van der Waals surface area (Å²) in [5, 5.41) is 2.92. The van der Waals surface area contributed by atoms with Crippen LogP contribution in [0.1, 0.15) is 15.9 Å². The lowest BCUT2D eigenvalue weighted by atomic mass is 10.1. The molecular weight excluding hydrogens is 330 g/mol. The summed E-state index contributed by atoms with van der Waals surface area (Å²) < 4.78 is 0.993. The third-order valence-corrected chi connectivity index (χ3v) is 3.58. The number of hydrogen-bond acceptors (Lipinski definition) is 3. The van der Waals surface area contributed by atoms with Gasteiger partial charge in [-0.2, -0.15) is 0 Å². The van der Waals surface area contributed by atoms with Crippen molar-refractivity contribution in [3.8, 4) is 0 Å². The Morgan fingerprint density at radius 2 is 2.00 bits per heavy atom. The van der Waals surface area contributed by atoms with Crippen LogP contribution in [0.4, 0.5) is 11.4 Å². The Balaban J connectivity index is 2.15. The minimum atomic E-state index is -0.133. The summed E-state index contributed by atoms with van der Waals surface area (Å²) in [6.07, 6.45) is 0. The first kappa shape index (κ1) is 15.4. The molecule has 5 heteroatoms. The zero-order valence-corrected chi connectivity index (χ0v) is 13.6. The van der Waals surface area contributed by atoms with Gasteiger partial charge in [0, 0.05) is 36.5 Å². The molecule has 0 saturated carbocycles. The van der Waals surface area contributed by atoms with Gasteiger partial charge in [-0.1, -0.05) is 28.1 Å². The van der Waals surface area contributed by atoms with Crippen molar-refractivity contribution < 1.29 is 4.79 Å².